The minimum Gasteiger partial charge on any atom is -0.455 e. The van der Waals surface area contributed by atoms with Crippen LogP contribution in [0.25, 0.3) is 0 Å². The van der Waals surface area contributed by atoms with Crippen molar-refractivity contribution in [1.82, 2.24) is 9.62 Å². The maximum atomic E-state index is 12.5. The van der Waals surface area contributed by atoms with Crippen molar-refractivity contribution in [2.24, 2.45) is 5.73 Å². The largest absolute Gasteiger partial charge is 0.455 e. The molecule has 0 aromatic carbocycles. The van der Waals surface area contributed by atoms with Crippen molar-refractivity contribution in [3.8, 4) is 0 Å². The summed E-state index contributed by atoms with van der Waals surface area (Å²) in [6.45, 7) is 3.67. The average Bonchev–Trinajstić information content (AvgIpc) is 3.13. The predicted molar refractivity (Wildman–Crippen MR) is 82.1 cm³/mol. The second-order valence-corrected chi connectivity index (χ2v) is 7.30. The van der Waals surface area contributed by atoms with Crippen molar-refractivity contribution in [1.29, 1.82) is 0 Å². The molecular weight excluding hydrogens is 306 g/mol. The van der Waals surface area contributed by atoms with Crippen LogP contribution in [0.2, 0.25) is 0 Å². The van der Waals surface area contributed by atoms with Crippen LogP contribution in [0.4, 0.5) is 0 Å². The number of nitrogens with one attached hydrogen (secondary N) is 1. The van der Waals surface area contributed by atoms with Gasteiger partial charge in [0, 0.05) is 25.7 Å². The molecule has 0 bridgehead atoms. The first-order valence-electron chi connectivity index (χ1n) is 7.55. The Labute approximate surface area is 130 Å². The number of nitrogens with zero attached hydrogens (tertiary/aromatic N) is 1. The van der Waals surface area contributed by atoms with Crippen molar-refractivity contribution in [3.63, 3.8) is 0 Å². The summed E-state index contributed by atoms with van der Waals surface area (Å²) in [4.78, 5) is 12.1. The molecule has 0 atom stereocenters. The molecule has 0 saturated carbocycles. The molecule has 1 aromatic heterocycles. The Bertz CT molecular complexity index is 618. The van der Waals surface area contributed by atoms with Crippen molar-refractivity contribution in [3.05, 3.63) is 17.6 Å². The van der Waals surface area contributed by atoms with Crippen LogP contribution in [0.3, 0.4) is 0 Å². The second-order valence-electron chi connectivity index (χ2n) is 5.39. The molecule has 3 N–H and O–H groups in total. The summed E-state index contributed by atoms with van der Waals surface area (Å²) in [6, 6.07) is 1.32. The van der Waals surface area contributed by atoms with Gasteiger partial charge in [-0.1, -0.05) is 0 Å². The lowest BCUT2D eigenvalue weighted by molar-refractivity contribution is 0.0924. The lowest BCUT2D eigenvalue weighted by atomic mass is 10.3. The van der Waals surface area contributed by atoms with Crippen molar-refractivity contribution < 1.29 is 17.6 Å². The zero-order chi connectivity index (χ0) is 16.2. The van der Waals surface area contributed by atoms with Gasteiger partial charge in [0.25, 0.3) is 5.91 Å². The zero-order valence-electron chi connectivity index (χ0n) is 12.8. The van der Waals surface area contributed by atoms with E-state index in [-0.39, 0.29) is 16.4 Å². The van der Waals surface area contributed by atoms with E-state index in [1.807, 2.05) is 0 Å². The molecule has 1 amide bonds. The number of sulfonamides is 1. The smallest absolute Gasteiger partial charge is 0.287 e. The Kier molecular flexibility index (Phi) is 5.60. The first-order valence-corrected chi connectivity index (χ1v) is 8.99. The highest BCUT2D eigenvalue weighted by molar-refractivity contribution is 7.89. The number of nitrogens with two attached hydrogens (primary N) is 1. The Hall–Kier alpha value is -1.38. The van der Waals surface area contributed by atoms with Crippen LogP contribution >= 0.6 is 0 Å². The average molecular weight is 329 g/mol. The number of furan rings is 1. The molecule has 0 aliphatic carbocycles. The summed E-state index contributed by atoms with van der Waals surface area (Å²) in [6.07, 6.45) is 3.34. The van der Waals surface area contributed by atoms with Gasteiger partial charge in [0.2, 0.25) is 10.0 Å². The van der Waals surface area contributed by atoms with Crippen molar-refractivity contribution >= 4 is 15.9 Å². The van der Waals surface area contributed by atoms with Gasteiger partial charge in [0.15, 0.2) is 5.76 Å². The number of rotatable bonds is 7. The summed E-state index contributed by atoms with van der Waals surface area (Å²) < 4.78 is 31.8. The Morgan fingerprint density at radius 1 is 1.36 bits per heavy atom. The lowest BCUT2D eigenvalue weighted by Gasteiger charge is -2.14. The van der Waals surface area contributed by atoms with Crippen LogP contribution in [-0.2, 0) is 10.0 Å². The van der Waals surface area contributed by atoms with Crippen LogP contribution < -0.4 is 11.1 Å². The Morgan fingerprint density at radius 3 is 2.68 bits per heavy atom. The van der Waals surface area contributed by atoms with Gasteiger partial charge in [-0.3, -0.25) is 4.79 Å². The van der Waals surface area contributed by atoms with E-state index in [2.05, 4.69) is 5.32 Å². The quantitative estimate of drug-likeness (QED) is 0.721. The van der Waals surface area contributed by atoms with Crippen molar-refractivity contribution in [2.45, 2.75) is 37.5 Å². The number of carbonyl (C=O) groups excluding carboxylic acids is 1. The van der Waals surface area contributed by atoms with Gasteiger partial charge in [-0.25, -0.2) is 8.42 Å². The molecule has 1 aliphatic rings. The first kappa shape index (κ1) is 17.0. The molecule has 1 saturated heterocycles. The monoisotopic (exact) mass is 329 g/mol. The SMILES string of the molecule is Cc1oc(C(=O)NCCCCN)cc1S(=O)(=O)N1CCCC1. The molecular formula is C14H23N3O4S. The predicted octanol–water partition coefficient (Wildman–Crippen LogP) is 0.841. The molecule has 0 radical (unpaired) electrons. The standard InChI is InChI=1S/C14H23N3O4S/c1-11-13(22(19,20)17-8-4-5-9-17)10-12(21-11)14(18)16-7-3-2-6-15/h10H,2-9,15H2,1H3,(H,16,18). The minimum absolute atomic E-state index is 0.0306. The summed E-state index contributed by atoms with van der Waals surface area (Å²) in [7, 11) is -3.57. The Morgan fingerprint density at radius 2 is 2.05 bits per heavy atom. The molecule has 124 valence electrons. The molecule has 0 spiro atoms. The van der Waals surface area contributed by atoms with Gasteiger partial charge >= 0.3 is 0 Å². The number of carbonyl (C=O) groups is 1. The van der Waals surface area contributed by atoms with E-state index >= 15 is 0 Å². The maximum Gasteiger partial charge on any atom is 0.287 e. The van der Waals surface area contributed by atoms with Gasteiger partial charge in [-0.15, -0.1) is 0 Å². The van der Waals surface area contributed by atoms with Crippen LogP contribution in [0.15, 0.2) is 15.4 Å². The van der Waals surface area contributed by atoms with Gasteiger partial charge in [-0.2, -0.15) is 4.31 Å². The normalized spacial score (nSPS) is 16.1. The number of aryl methyl sites for hydroxylation is 1. The van der Waals surface area contributed by atoms with E-state index < -0.39 is 15.9 Å². The van der Waals surface area contributed by atoms with Crippen LogP contribution in [0.1, 0.15) is 42.0 Å². The number of hydrogen-bond acceptors (Lipinski definition) is 5. The van der Waals surface area contributed by atoms with E-state index in [4.69, 9.17) is 10.2 Å². The van der Waals surface area contributed by atoms with E-state index in [1.165, 1.54) is 10.4 Å². The molecule has 7 nitrogen and oxygen atoms in total. The van der Waals surface area contributed by atoms with E-state index in [0.717, 1.165) is 25.7 Å². The maximum absolute atomic E-state index is 12.5. The third kappa shape index (κ3) is 3.68. The molecule has 1 aromatic rings. The summed E-state index contributed by atoms with van der Waals surface area (Å²) >= 11 is 0. The highest BCUT2D eigenvalue weighted by Gasteiger charge is 2.31. The number of unbranched alkanes of at least 4 members (excludes halogenated alkanes) is 1. The van der Waals surface area contributed by atoms with Crippen LogP contribution in [0.5, 0.6) is 0 Å². The lowest BCUT2D eigenvalue weighted by Crippen LogP contribution is -2.28. The van der Waals surface area contributed by atoms with Gasteiger partial charge in [0.1, 0.15) is 10.7 Å². The molecule has 2 rings (SSSR count). The fraction of sp³-hybridized carbons (Fsp3) is 0.643. The fourth-order valence-electron chi connectivity index (χ4n) is 2.46. The topological polar surface area (TPSA) is 106 Å². The molecule has 1 fully saturated rings. The number of amides is 1. The van der Waals surface area contributed by atoms with Gasteiger partial charge in [0.05, 0.1) is 0 Å². The summed E-state index contributed by atoms with van der Waals surface area (Å²) in [5.41, 5.74) is 5.38. The molecule has 1 aliphatic heterocycles. The summed E-state index contributed by atoms with van der Waals surface area (Å²) in [5, 5.41) is 2.70. The fourth-order valence-corrected chi connectivity index (χ4v) is 4.14. The first-order chi connectivity index (χ1) is 10.5. The van der Waals surface area contributed by atoms with E-state index in [1.54, 1.807) is 6.92 Å². The van der Waals surface area contributed by atoms with Crippen LogP contribution in [-0.4, -0.2) is 44.8 Å². The molecule has 0 unspecified atom stereocenters. The van der Waals surface area contributed by atoms with E-state index in [9.17, 15) is 13.2 Å². The third-order valence-electron chi connectivity index (χ3n) is 3.70. The Balaban J connectivity index is 2.09. The highest BCUT2D eigenvalue weighted by atomic mass is 32.2. The zero-order valence-corrected chi connectivity index (χ0v) is 13.6. The molecule has 2 heterocycles. The highest BCUT2D eigenvalue weighted by Crippen LogP contribution is 2.26. The summed E-state index contributed by atoms with van der Waals surface area (Å²) in [5.74, 6) is -0.120. The van der Waals surface area contributed by atoms with Crippen molar-refractivity contribution in [2.75, 3.05) is 26.2 Å². The molecule has 22 heavy (non-hydrogen) atoms. The molecule has 8 heteroatoms. The minimum atomic E-state index is -3.57. The van der Waals surface area contributed by atoms with Gasteiger partial charge in [-0.05, 0) is 39.2 Å². The van der Waals surface area contributed by atoms with Crippen LogP contribution in [0, 0.1) is 6.92 Å². The van der Waals surface area contributed by atoms with Gasteiger partial charge < -0.3 is 15.5 Å². The number of hydrogen-bond donors (Lipinski definition) is 2. The van der Waals surface area contributed by atoms with E-state index in [0.29, 0.717) is 26.2 Å². The second kappa shape index (κ2) is 7.26. The third-order valence-corrected chi connectivity index (χ3v) is 5.70.